The minimum Gasteiger partial charge on any atom is -0.444 e. The molecule has 160 valence electrons. The van der Waals surface area contributed by atoms with E-state index in [4.69, 9.17) is 9.47 Å². The maximum Gasteiger partial charge on any atom is 0.408 e. The van der Waals surface area contributed by atoms with E-state index in [2.05, 4.69) is 30.5 Å². The lowest BCUT2D eigenvalue weighted by molar-refractivity contribution is 0.0463. The van der Waals surface area contributed by atoms with Crippen molar-refractivity contribution < 1.29 is 14.3 Å². The normalized spacial score (nSPS) is 19.7. The van der Waals surface area contributed by atoms with Crippen molar-refractivity contribution >= 4 is 22.9 Å². The van der Waals surface area contributed by atoms with Gasteiger partial charge in [0.2, 0.25) is 0 Å². The van der Waals surface area contributed by atoms with Crippen molar-refractivity contribution in [2.75, 3.05) is 44.8 Å². The van der Waals surface area contributed by atoms with E-state index >= 15 is 0 Å². The van der Waals surface area contributed by atoms with Crippen molar-refractivity contribution in [3.05, 3.63) is 18.1 Å². The second kappa shape index (κ2) is 8.54. The molecular formula is C20H32N6O3. The van der Waals surface area contributed by atoms with Crippen LogP contribution in [0.25, 0.3) is 11.0 Å². The Balaban J connectivity index is 1.79. The number of alkyl carbamates (subject to hydrolysis) is 1. The number of rotatable bonds is 7. The summed E-state index contributed by atoms with van der Waals surface area (Å²) in [7, 11) is 1.67. The lowest BCUT2D eigenvalue weighted by atomic mass is 9.98. The van der Waals surface area contributed by atoms with Crippen molar-refractivity contribution in [1.82, 2.24) is 25.6 Å². The number of aromatic nitrogens is 3. The highest BCUT2D eigenvalue weighted by Gasteiger charge is 2.41. The number of methoxy groups -OCH3 is 1. The van der Waals surface area contributed by atoms with Gasteiger partial charge in [-0.25, -0.2) is 14.8 Å². The zero-order valence-electron chi connectivity index (χ0n) is 18.0. The first-order valence-electron chi connectivity index (χ1n) is 9.97. The van der Waals surface area contributed by atoms with Crippen molar-refractivity contribution in [3.63, 3.8) is 0 Å². The molecule has 9 nitrogen and oxygen atoms in total. The first-order chi connectivity index (χ1) is 13.7. The first-order valence-corrected chi connectivity index (χ1v) is 9.97. The minimum absolute atomic E-state index is 0.404. The summed E-state index contributed by atoms with van der Waals surface area (Å²) in [5.74, 6) is 0.888. The fourth-order valence-electron chi connectivity index (χ4n) is 3.70. The van der Waals surface area contributed by atoms with Crippen LogP contribution in [0.15, 0.2) is 12.5 Å². The van der Waals surface area contributed by atoms with Crippen molar-refractivity contribution in [1.29, 1.82) is 0 Å². The van der Waals surface area contributed by atoms with Crippen LogP contribution in [0.1, 0.15) is 32.8 Å². The molecule has 0 saturated carbocycles. The van der Waals surface area contributed by atoms with Crippen LogP contribution in [-0.2, 0) is 9.47 Å². The van der Waals surface area contributed by atoms with Gasteiger partial charge in [-0.1, -0.05) is 0 Å². The number of nitrogens with one attached hydrogen (secondary N) is 3. The molecule has 2 aromatic heterocycles. The molecule has 0 bridgehead atoms. The second-order valence-corrected chi connectivity index (χ2v) is 8.64. The zero-order chi connectivity index (χ0) is 21.1. The highest BCUT2D eigenvalue weighted by atomic mass is 16.6. The molecule has 1 amide bonds. The average molecular weight is 405 g/mol. The molecule has 29 heavy (non-hydrogen) atoms. The summed E-state index contributed by atoms with van der Waals surface area (Å²) in [5, 5.41) is 7.54. The standard InChI is InChI=1S/C20H32N6O3/c1-14-10-22-16-15(14)17(24-13-23-16)26-8-6-20(12-26,11-21-7-9-28-5)25-18(27)29-19(2,3)4/h10,13,21H,6-9,11-12H2,1-5H3,(H,25,27)(H,22,23,24). The fraction of sp³-hybridized carbons (Fsp3) is 0.650. The highest BCUT2D eigenvalue weighted by Crippen LogP contribution is 2.31. The third kappa shape index (κ3) is 5.16. The van der Waals surface area contributed by atoms with E-state index in [1.807, 2.05) is 33.9 Å². The minimum atomic E-state index is -0.548. The number of ether oxygens (including phenoxy) is 2. The second-order valence-electron chi connectivity index (χ2n) is 8.64. The lowest BCUT2D eigenvalue weighted by Crippen LogP contribution is -2.57. The van der Waals surface area contributed by atoms with Gasteiger partial charge in [-0.2, -0.15) is 0 Å². The SMILES string of the molecule is COCCNCC1(NC(=O)OC(C)(C)C)CCN(c2ncnc3[nH]cc(C)c23)C1. The fourth-order valence-corrected chi connectivity index (χ4v) is 3.70. The molecule has 2 aromatic rings. The molecule has 0 aromatic carbocycles. The third-order valence-corrected chi connectivity index (χ3v) is 5.01. The highest BCUT2D eigenvalue weighted by molar-refractivity contribution is 5.90. The number of anilines is 1. The van der Waals surface area contributed by atoms with Crippen LogP contribution in [0.3, 0.4) is 0 Å². The number of carbonyl (C=O) groups is 1. The molecule has 1 aliphatic rings. The van der Waals surface area contributed by atoms with Gasteiger partial charge in [0.15, 0.2) is 0 Å². The van der Waals surface area contributed by atoms with Crippen molar-refractivity contribution in [2.24, 2.45) is 0 Å². The average Bonchev–Trinajstić information content (AvgIpc) is 3.22. The van der Waals surface area contributed by atoms with E-state index in [0.29, 0.717) is 26.2 Å². The van der Waals surface area contributed by atoms with E-state index in [1.165, 1.54) is 0 Å². The van der Waals surface area contributed by atoms with E-state index in [-0.39, 0.29) is 0 Å². The van der Waals surface area contributed by atoms with Gasteiger partial charge in [-0.15, -0.1) is 0 Å². The molecule has 0 spiro atoms. The van der Waals surface area contributed by atoms with Gasteiger partial charge in [0.05, 0.1) is 17.5 Å². The van der Waals surface area contributed by atoms with Crippen LogP contribution in [0.5, 0.6) is 0 Å². The monoisotopic (exact) mass is 404 g/mol. The summed E-state index contributed by atoms with van der Waals surface area (Å²) in [6.07, 6.45) is 3.89. The summed E-state index contributed by atoms with van der Waals surface area (Å²) in [5.41, 5.74) is 0.917. The van der Waals surface area contributed by atoms with Crippen LogP contribution < -0.4 is 15.5 Å². The number of hydrogen-bond donors (Lipinski definition) is 3. The maximum atomic E-state index is 12.5. The first kappa shape index (κ1) is 21.3. The molecule has 1 saturated heterocycles. The summed E-state index contributed by atoms with van der Waals surface area (Å²) in [6, 6.07) is 0. The Morgan fingerprint density at radius 2 is 2.17 bits per heavy atom. The molecule has 1 aliphatic heterocycles. The molecule has 3 heterocycles. The summed E-state index contributed by atoms with van der Waals surface area (Å²) in [4.78, 5) is 26.8. The van der Waals surface area contributed by atoms with E-state index in [1.54, 1.807) is 13.4 Å². The predicted molar refractivity (Wildman–Crippen MR) is 112 cm³/mol. The Kier molecular flexibility index (Phi) is 6.28. The Morgan fingerprint density at radius 1 is 1.38 bits per heavy atom. The Labute approximate surface area is 171 Å². The van der Waals surface area contributed by atoms with Gasteiger partial charge in [0, 0.05) is 39.5 Å². The third-order valence-electron chi connectivity index (χ3n) is 5.01. The van der Waals surface area contributed by atoms with Crippen LogP contribution in [0.2, 0.25) is 0 Å². The molecule has 0 aliphatic carbocycles. The number of hydrogen-bond acceptors (Lipinski definition) is 7. The summed E-state index contributed by atoms with van der Waals surface area (Å²) >= 11 is 0. The van der Waals surface area contributed by atoms with Gasteiger partial charge in [-0.05, 0) is 39.7 Å². The van der Waals surface area contributed by atoms with Gasteiger partial charge < -0.3 is 30.0 Å². The number of aromatic amines is 1. The van der Waals surface area contributed by atoms with E-state index < -0.39 is 17.2 Å². The quantitative estimate of drug-likeness (QED) is 0.606. The molecule has 9 heteroatoms. The van der Waals surface area contributed by atoms with E-state index in [0.717, 1.165) is 35.4 Å². The van der Waals surface area contributed by atoms with Gasteiger partial charge in [-0.3, -0.25) is 0 Å². The van der Waals surface area contributed by atoms with Crippen molar-refractivity contribution in [2.45, 2.75) is 45.3 Å². The molecule has 0 radical (unpaired) electrons. The number of aryl methyl sites for hydroxylation is 1. The van der Waals surface area contributed by atoms with Crippen LogP contribution in [0, 0.1) is 6.92 Å². The number of nitrogens with zero attached hydrogens (tertiary/aromatic N) is 3. The maximum absolute atomic E-state index is 12.5. The number of fused-ring (bicyclic) bond motifs is 1. The topological polar surface area (TPSA) is 104 Å². The van der Waals surface area contributed by atoms with Crippen LogP contribution in [0.4, 0.5) is 10.6 Å². The largest absolute Gasteiger partial charge is 0.444 e. The molecule has 3 rings (SSSR count). The van der Waals surface area contributed by atoms with E-state index in [9.17, 15) is 4.79 Å². The molecule has 1 unspecified atom stereocenters. The molecule has 1 atom stereocenters. The smallest absolute Gasteiger partial charge is 0.408 e. The van der Waals surface area contributed by atoms with Crippen molar-refractivity contribution in [3.8, 4) is 0 Å². The van der Waals surface area contributed by atoms with Gasteiger partial charge in [0.1, 0.15) is 23.4 Å². The number of carbonyl (C=O) groups excluding carboxylic acids is 1. The zero-order valence-corrected chi connectivity index (χ0v) is 18.0. The van der Waals surface area contributed by atoms with Gasteiger partial charge in [0.25, 0.3) is 0 Å². The molecular weight excluding hydrogens is 372 g/mol. The predicted octanol–water partition coefficient (Wildman–Crippen LogP) is 1.98. The molecule has 3 N–H and O–H groups in total. The Morgan fingerprint density at radius 3 is 2.90 bits per heavy atom. The van der Waals surface area contributed by atoms with Crippen LogP contribution >= 0.6 is 0 Å². The Bertz CT molecular complexity index is 846. The van der Waals surface area contributed by atoms with Crippen LogP contribution in [-0.4, -0.2) is 72.1 Å². The van der Waals surface area contributed by atoms with Gasteiger partial charge >= 0.3 is 6.09 Å². The summed E-state index contributed by atoms with van der Waals surface area (Å²) in [6.45, 7) is 11.0. The summed E-state index contributed by atoms with van der Waals surface area (Å²) < 4.78 is 10.6. The number of H-pyrrole nitrogens is 1. The lowest BCUT2D eigenvalue weighted by Gasteiger charge is -2.32. The Hall–Kier alpha value is -2.39. The number of amides is 1. The molecule has 1 fully saturated rings.